The van der Waals surface area contributed by atoms with E-state index in [2.05, 4.69) is 46.3 Å². The number of nitrogens with one attached hydrogen (secondary N) is 1. The van der Waals surface area contributed by atoms with Gasteiger partial charge in [-0.2, -0.15) is 0 Å². The molecule has 1 saturated heterocycles. The predicted molar refractivity (Wildman–Crippen MR) is 79.6 cm³/mol. The number of hydrogen-bond donors (Lipinski definition) is 2. The summed E-state index contributed by atoms with van der Waals surface area (Å²) in [6.45, 7) is 6.22. The van der Waals surface area contributed by atoms with Gasteiger partial charge in [0.2, 0.25) is 0 Å². The van der Waals surface area contributed by atoms with Crippen molar-refractivity contribution < 1.29 is 5.11 Å². The number of aliphatic hydroxyl groups excluding tert-OH is 1. The second kappa shape index (κ2) is 5.90. The smallest absolute Gasteiger partial charge is 0.0666 e. The van der Waals surface area contributed by atoms with Gasteiger partial charge in [0.25, 0.3) is 0 Å². The molecule has 0 amide bonds. The second-order valence-corrected chi connectivity index (χ2v) is 5.61. The minimum atomic E-state index is -0.285. The van der Waals surface area contributed by atoms with Gasteiger partial charge < -0.3 is 15.3 Å². The zero-order chi connectivity index (χ0) is 13.9. The Labute approximate surface area is 116 Å². The van der Waals surface area contributed by atoms with Gasteiger partial charge in [0.15, 0.2) is 0 Å². The summed E-state index contributed by atoms with van der Waals surface area (Å²) < 4.78 is 0. The van der Waals surface area contributed by atoms with Crippen molar-refractivity contribution in [2.45, 2.75) is 12.5 Å². The highest BCUT2D eigenvalue weighted by molar-refractivity contribution is 5.47. The van der Waals surface area contributed by atoms with Gasteiger partial charge >= 0.3 is 0 Å². The predicted octanol–water partition coefficient (Wildman–Crippen LogP) is 0.865. The first-order valence-electron chi connectivity index (χ1n) is 6.92. The topological polar surface area (TPSA) is 38.7 Å². The number of aliphatic hydroxyl groups is 1. The Bertz CT molecular complexity index is 398. The molecule has 0 spiro atoms. The highest BCUT2D eigenvalue weighted by Crippen LogP contribution is 2.29. The van der Waals surface area contributed by atoms with Crippen molar-refractivity contribution in [2.75, 3.05) is 51.8 Å². The van der Waals surface area contributed by atoms with Crippen molar-refractivity contribution in [3.63, 3.8) is 0 Å². The van der Waals surface area contributed by atoms with Gasteiger partial charge in [-0.1, -0.05) is 12.1 Å². The lowest BCUT2D eigenvalue weighted by molar-refractivity contribution is 0.0311. The molecule has 2 N–H and O–H groups in total. The summed E-state index contributed by atoms with van der Waals surface area (Å²) in [7, 11) is 4.08. The zero-order valence-electron chi connectivity index (χ0n) is 12.2. The molecule has 1 unspecified atom stereocenters. The molecule has 0 aliphatic carbocycles. The normalized spacial score (nSPS) is 20.0. The van der Waals surface area contributed by atoms with Crippen molar-refractivity contribution >= 4 is 5.69 Å². The van der Waals surface area contributed by atoms with E-state index in [1.807, 2.05) is 14.1 Å². The molecule has 1 heterocycles. The maximum absolute atomic E-state index is 9.90. The van der Waals surface area contributed by atoms with E-state index in [9.17, 15) is 5.11 Å². The van der Waals surface area contributed by atoms with E-state index >= 15 is 0 Å². The van der Waals surface area contributed by atoms with Crippen molar-refractivity contribution in [3.8, 4) is 0 Å². The minimum Gasteiger partial charge on any atom is -0.394 e. The Kier molecular flexibility index (Phi) is 4.45. The van der Waals surface area contributed by atoms with Crippen molar-refractivity contribution in [2.24, 2.45) is 0 Å². The van der Waals surface area contributed by atoms with Gasteiger partial charge in [0.05, 0.1) is 12.1 Å². The highest BCUT2D eigenvalue weighted by atomic mass is 16.3. The fourth-order valence-electron chi connectivity index (χ4n) is 2.65. The maximum atomic E-state index is 9.90. The summed E-state index contributed by atoms with van der Waals surface area (Å²) in [5, 5.41) is 13.3. The van der Waals surface area contributed by atoms with E-state index in [0.29, 0.717) is 0 Å². The summed E-state index contributed by atoms with van der Waals surface area (Å²) in [4.78, 5) is 4.46. The Morgan fingerprint density at radius 2 is 1.79 bits per heavy atom. The minimum absolute atomic E-state index is 0.147. The van der Waals surface area contributed by atoms with Gasteiger partial charge in [-0.3, -0.25) is 4.90 Å². The third-order valence-corrected chi connectivity index (χ3v) is 4.13. The fraction of sp³-hybridized carbons (Fsp3) is 0.600. The molecule has 0 aromatic heterocycles. The van der Waals surface area contributed by atoms with Gasteiger partial charge in [0.1, 0.15) is 0 Å². The maximum Gasteiger partial charge on any atom is 0.0666 e. The lowest BCUT2D eigenvalue weighted by Crippen LogP contribution is -2.54. The summed E-state index contributed by atoms with van der Waals surface area (Å²) in [5.41, 5.74) is 2.08. The van der Waals surface area contributed by atoms with Crippen LogP contribution in [0, 0.1) is 0 Å². The largest absolute Gasteiger partial charge is 0.394 e. The molecule has 0 saturated carbocycles. The van der Waals surface area contributed by atoms with Crippen molar-refractivity contribution in [3.05, 3.63) is 29.8 Å². The summed E-state index contributed by atoms with van der Waals surface area (Å²) >= 11 is 0. The molecular formula is C15H25N3O. The molecule has 1 aliphatic heterocycles. The van der Waals surface area contributed by atoms with Crippen LogP contribution < -0.4 is 10.2 Å². The van der Waals surface area contributed by atoms with Gasteiger partial charge in [-0.25, -0.2) is 0 Å². The average molecular weight is 263 g/mol. The molecule has 1 fully saturated rings. The third-order valence-electron chi connectivity index (χ3n) is 4.13. The van der Waals surface area contributed by atoms with Crippen LogP contribution in [-0.4, -0.2) is 56.9 Å². The number of hydrogen-bond acceptors (Lipinski definition) is 4. The molecule has 1 aromatic rings. The lowest BCUT2D eigenvalue weighted by Gasteiger charge is -2.43. The van der Waals surface area contributed by atoms with E-state index < -0.39 is 0 Å². The van der Waals surface area contributed by atoms with E-state index in [1.165, 1.54) is 11.3 Å². The van der Waals surface area contributed by atoms with Crippen LogP contribution in [0.4, 0.5) is 5.69 Å². The molecule has 106 valence electrons. The Balaban J connectivity index is 2.24. The molecule has 0 radical (unpaired) electrons. The molecule has 4 heteroatoms. The van der Waals surface area contributed by atoms with E-state index in [1.54, 1.807) is 0 Å². The average Bonchev–Trinajstić information content (AvgIpc) is 2.47. The lowest BCUT2D eigenvalue weighted by atomic mass is 9.90. The van der Waals surface area contributed by atoms with Gasteiger partial charge in [-0.15, -0.1) is 0 Å². The first-order chi connectivity index (χ1) is 9.08. The Hall–Kier alpha value is -1.10. The number of benzene rings is 1. The van der Waals surface area contributed by atoms with Crippen LogP contribution in [0.15, 0.2) is 24.3 Å². The number of nitrogens with zero attached hydrogens (tertiary/aromatic N) is 2. The van der Waals surface area contributed by atoms with E-state index in [4.69, 9.17) is 0 Å². The molecule has 1 aliphatic rings. The molecule has 19 heavy (non-hydrogen) atoms. The quantitative estimate of drug-likeness (QED) is 0.845. The molecule has 1 atom stereocenters. The van der Waals surface area contributed by atoms with E-state index in [-0.39, 0.29) is 12.1 Å². The van der Waals surface area contributed by atoms with Gasteiger partial charge in [0, 0.05) is 46.0 Å². The first kappa shape index (κ1) is 14.3. The van der Waals surface area contributed by atoms with Crippen LogP contribution in [0.2, 0.25) is 0 Å². The van der Waals surface area contributed by atoms with Crippen LogP contribution >= 0.6 is 0 Å². The third kappa shape index (κ3) is 2.91. The van der Waals surface area contributed by atoms with Crippen molar-refractivity contribution in [1.82, 2.24) is 10.2 Å². The first-order valence-corrected chi connectivity index (χ1v) is 6.92. The Morgan fingerprint density at radius 1 is 1.21 bits per heavy atom. The summed E-state index contributed by atoms with van der Waals surface area (Å²) in [6.07, 6.45) is 0. The number of anilines is 1. The van der Waals surface area contributed by atoms with Crippen LogP contribution in [0.25, 0.3) is 0 Å². The zero-order valence-corrected chi connectivity index (χ0v) is 12.2. The summed E-state index contributed by atoms with van der Waals surface area (Å²) in [6, 6.07) is 8.50. The van der Waals surface area contributed by atoms with E-state index in [0.717, 1.165) is 26.2 Å². The number of piperazine rings is 1. The molecule has 2 rings (SSSR count). The Morgan fingerprint density at radius 3 is 2.26 bits per heavy atom. The van der Waals surface area contributed by atoms with Crippen LogP contribution in [0.3, 0.4) is 0 Å². The SMILES string of the molecule is CN(C)c1ccc(C(C)(CO)N2CCNCC2)cc1. The highest BCUT2D eigenvalue weighted by Gasteiger charge is 2.33. The molecule has 1 aromatic carbocycles. The molecule has 4 nitrogen and oxygen atoms in total. The van der Waals surface area contributed by atoms with Crippen molar-refractivity contribution in [1.29, 1.82) is 0 Å². The molecule has 0 bridgehead atoms. The van der Waals surface area contributed by atoms with Crippen LogP contribution in [-0.2, 0) is 5.54 Å². The van der Waals surface area contributed by atoms with Crippen LogP contribution in [0.5, 0.6) is 0 Å². The number of rotatable bonds is 4. The van der Waals surface area contributed by atoms with Gasteiger partial charge in [-0.05, 0) is 24.6 Å². The second-order valence-electron chi connectivity index (χ2n) is 5.61. The monoisotopic (exact) mass is 263 g/mol. The van der Waals surface area contributed by atoms with Crippen LogP contribution in [0.1, 0.15) is 12.5 Å². The standard InChI is InChI=1S/C15H25N3O/c1-15(12-19,18-10-8-16-9-11-18)13-4-6-14(7-5-13)17(2)3/h4-7,16,19H,8-12H2,1-3H3. The summed E-state index contributed by atoms with van der Waals surface area (Å²) in [5.74, 6) is 0. The molecular weight excluding hydrogens is 238 g/mol. The fourth-order valence-corrected chi connectivity index (χ4v) is 2.65.